The average molecular weight is 527 g/mol. The van der Waals surface area contributed by atoms with E-state index in [1.54, 1.807) is 17.0 Å². The molecule has 1 aromatic rings. The summed E-state index contributed by atoms with van der Waals surface area (Å²) in [6.45, 7) is 2.09. The van der Waals surface area contributed by atoms with Gasteiger partial charge in [0.05, 0.1) is 11.0 Å². The lowest BCUT2D eigenvalue weighted by atomic mass is 9.40. The molecule has 6 nitrogen and oxygen atoms in total. The number of phenols is 1. The quantitative estimate of drug-likeness (QED) is 0.585. The number of benzene rings is 1. The topological polar surface area (TPSA) is 73.2 Å². The third kappa shape index (κ3) is 2.91. The molecule has 1 aromatic carbocycles. The number of phenolic OH excluding ortho intramolecular Hbond substituents is 1. The summed E-state index contributed by atoms with van der Waals surface area (Å²) >= 11 is 0. The minimum atomic E-state index is -2.69. The highest BCUT2D eigenvalue weighted by atomic mass is 19.3. The Kier molecular flexibility index (Phi) is 4.68. The first kappa shape index (κ1) is 23.7. The third-order valence-corrected chi connectivity index (χ3v) is 11.6. The lowest BCUT2D eigenvalue weighted by Gasteiger charge is -2.68. The van der Waals surface area contributed by atoms with Crippen molar-refractivity contribution in [3.63, 3.8) is 0 Å². The number of aliphatic hydroxyl groups is 1. The van der Waals surface area contributed by atoms with Gasteiger partial charge in [0.15, 0.2) is 11.5 Å². The fourth-order valence-electron chi connectivity index (χ4n) is 9.29. The molecule has 2 saturated heterocycles. The number of piperidine rings is 2. The number of fused-ring (bicyclic) bond motifs is 1. The van der Waals surface area contributed by atoms with E-state index in [0.717, 1.165) is 62.2 Å². The smallest absolute Gasteiger partial charge is 0.251 e. The second-order valence-corrected chi connectivity index (χ2v) is 13.3. The van der Waals surface area contributed by atoms with Gasteiger partial charge in [-0.1, -0.05) is 11.6 Å². The molecule has 38 heavy (non-hydrogen) atoms. The second kappa shape index (κ2) is 7.51. The normalized spacial score (nSPS) is 41.6. The summed E-state index contributed by atoms with van der Waals surface area (Å²) in [5.74, 6) is -1.50. The summed E-state index contributed by atoms with van der Waals surface area (Å²) in [6.07, 6.45) is 7.85. The number of carbonyl (C=O) groups excluding carboxylic acids is 1. The third-order valence-electron chi connectivity index (χ3n) is 11.6. The van der Waals surface area contributed by atoms with Gasteiger partial charge in [0.25, 0.3) is 5.92 Å². The van der Waals surface area contributed by atoms with Crippen LogP contribution in [0.25, 0.3) is 0 Å². The minimum Gasteiger partial charge on any atom is -0.504 e. The van der Waals surface area contributed by atoms with Crippen LogP contribution in [0, 0.1) is 11.3 Å². The summed E-state index contributed by atoms with van der Waals surface area (Å²) in [6, 6.07) is 3.77. The van der Waals surface area contributed by atoms with Crippen LogP contribution < -0.4 is 4.74 Å². The lowest BCUT2D eigenvalue weighted by Crippen LogP contribution is -2.78. The van der Waals surface area contributed by atoms with Crippen LogP contribution in [-0.4, -0.2) is 75.8 Å². The highest BCUT2D eigenvalue weighted by Gasteiger charge is 2.77. The molecule has 2 N–H and O–H groups in total. The van der Waals surface area contributed by atoms with Gasteiger partial charge in [0.1, 0.15) is 6.10 Å². The molecule has 5 atom stereocenters. The molecular weight excluding hydrogens is 490 g/mol. The number of likely N-dealkylation sites (tertiary alicyclic amines) is 2. The van der Waals surface area contributed by atoms with Crippen LogP contribution in [0.1, 0.15) is 68.9 Å². The van der Waals surface area contributed by atoms with Crippen molar-refractivity contribution in [3.8, 4) is 11.5 Å². The number of halogens is 2. The molecule has 1 amide bonds. The fourth-order valence-corrected chi connectivity index (χ4v) is 9.29. The molecule has 204 valence electrons. The van der Waals surface area contributed by atoms with E-state index < -0.39 is 16.9 Å². The summed E-state index contributed by atoms with van der Waals surface area (Å²) in [5, 5.41) is 23.6. The maximum absolute atomic E-state index is 13.7. The van der Waals surface area contributed by atoms with E-state index in [1.165, 1.54) is 18.4 Å². The van der Waals surface area contributed by atoms with Crippen LogP contribution in [-0.2, 0) is 16.6 Å². The molecule has 0 radical (unpaired) electrons. The van der Waals surface area contributed by atoms with E-state index in [-0.39, 0.29) is 55.1 Å². The van der Waals surface area contributed by atoms with E-state index >= 15 is 0 Å². The Morgan fingerprint density at radius 1 is 1.08 bits per heavy atom. The van der Waals surface area contributed by atoms with Gasteiger partial charge in [0, 0.05) is 55.6 Å². The van der Waals surface area contributed by atoms with Crippen molar-refractivity contribution in [2.75, 3.05) is 26.2 Å². The van der Waals surface area contributed by atoms with Crippen molar-refractivity contribution >= 4 is 5.91 Å². The first-order chi connectivity index (χ1) is 18.2. The van der Waals surface area contributed by atoms with Crippen LogP contribution >= 0.6 is 0 Å². The van der Waals surface area contributed by atoms with Gasteiger partial charge >= 0.3 is 0 Å². The van der Waals surface area contributed by atoms with Crippen molar-refractivity contribution in [1.29, 1.82) is 0 Å². The minimum absolute atomic E-state index is 0.0208. The van der Waals surface area contributed by atoms with Crippen LogP contribution in [0.5, 0.6) is 11.5 Å². The van der Waals surface area contributed by atoms with Gasteiger partial charge in [-0.2, -0.15) is 0 Å². The van der Waals surface area contributed by atoms with Gasteiger partial charge in [-0.05, 0) is 75.5 Å². The molecule has 4 aliphatic carbocycles. The molecule has 0 unspecified atom stereocenters. The Balaban J connectivity index is 1.18. The molecule has 0 aromatic heterocycles. The Bertz CT molecular complexity index is 1250. The number of aromatic hydroxyl groups is 1. The van der Waals surface area contributed by atoms with Crippen LogP contribution in [0.2, 0.25) is 0 Å². The average Bonchev–Trinajstić information content (AvgIpc) is 3.62. The number of hydrogen-bond acceptors (Lipinski definition) is 5. The van der Waals surface area contributed by atoms with Crippen molar-refractivity contribution in [3.05, 3.63) is 34.9 Å². The number of hydrogen-bond donors (Lipinski definition) is 2. The standard InChI is InChI=1S/C30H36F2N2O4/c31-28(32)9-12-33(13-10-28)23(36)16-20-5-6-27(20)7-8-30(37)22-15-19-3-4-21(35)25-24(19)29(30,26(27)38-25)11-14-34(22)17-18-1-2-18/h3-4,16,18,22,26,35,37H,1-2,5-15,17H2/b20-16+/t22-,26+,27+,29+,30-/m1/s1. The zero-order valence-electron chi connectivity index (χ0n) is 21.7. The number of carbonyl (C=O) groups is 1. The van der Waals surface area contributed by atoms with Gasteiger partial charge in [-0.25, -0.2) is 8.78 Å². The zero-order chi connectivity index (χ0) is 26.1. The number of amides is 1. The molecule has 5 fully saturated rings. The van der Waals surface area contributed by atoms with E-state index in [1.807, 2.05) is 6.07 Å². The van der Waals surface area contributed by atoms with Crippen LogP contribution in [0.3, 0.4) is 0 Å². The molecule has 8 heteroatoms. The van der Waals surface area contributed by atoms with Crippen molar-refractivity contribution in [2.45, 2.75) is 93.3 Å². The van der Waals surface area contributed by atoms with E-state index in [0.29, 0.717) is 12.2 Å². The molecule has 3 saturated carbocycles. The molecule has 2 spiro atoms. The molecular formula is C30H36F2N2O4. The summed E-state index contributed by atoms with van der Waals surface area (Å²) in [4.78, 5) is 17.3. The number of ether oxygens (including phenoxy) is 1. The predicted molar refractivity (Wildman–Crippen MR) is 135 cm³/mol. The zero-order valence-corrected chi connectivity index (χ0v) is 21.7. The Morgan fingerprint density at radius 2 is 1.87 bits per heavy atom. The Labute approximate surface area is 221 Å². The number of rotatable bonds is 3. The van der Waals surface area contributed by atoms with Crippen LogP contribution in [0.15, 0.2) is 23.8 Å². The Morgan fingerprint density at radius 3 is 2.58 bits per heavy atom. The van der Waals surface area contributed by atoms with Gasteiger partial charge in [-0.3, -0.25) is 9.69 Å². The maximum Gasteiger partial charge on any atom is 0.251 e. The maximum atomic E-state index is 13.7. The SMILES string of the molecule is O=C(/C=C1\CC[C@]12CC[C@@]1(O)[C@H]3Cc4ccc(O)c5c4[C@@]1(CCN3CC1CC1)[C@H]2O5)N1CCC(F)(F)CC1. The van der Waals surface area contributed by atoms with Gasteiger partial charge in [0.2, 0.25) is 5.91 Å². The molecule has 3 aliphatic heterocycles. The predicted octanol–water partition coefficient (Wildman–Crippen LogP) is 3.92. The summed E-state index contributed by atoms with van der Waals surface area (Å²) in [5.41, 5.74) is 1.24. The van der Waals surface area contributed by atoms with E-state index in [9.17, 15) is 23.8 Å². The van der Waals surface area contributed by atoms with E-state index in [2.05, 4.69) is 4.90 Å². The van der Waals surface area contributed by atoms with Crippen molar-refractivity contribution in [1.82, 2.24) is 9.80 Å². The molecule has 3 heterocycles. The number of alkyl halides is 2. The van der Waals surface area contributed by atoms with Gasteiger partial charge in [-0.15, -0.1) is 0 Å². The first-order valence-electron chi connectivity index (χ1n) is 14.5. The molecule has 2 bridgehead atoms. The molecule has 7 aliphatic rings. The fraction of sp³-hybridized carbons (Fsp3) is 0.700. The van der Waals surface area contributed by atoms with Gasteiger partial charge < -0.3 is 19.8 Å². The van der Waals surface area contributed by atoms with E-state index in [4.69, 9.17) is 4.74 Å². The number of nitrogens with zero attached hydrogens (tertiary/aromatic N) is 2. The Hall–Kier alpha value is -2.19. The molecule has 8 rings (SSSR count). The summed E-state index contributed by atoms with van der Waals surface area (Å²) < 4.78 is 34.1. The first-order valence-corrected chi connectivity index (χ1v) is 14.5. The van der Waals surface area contributed by atoms with Crippen molar-refractivity contribution in [2.24, 2.45) is 11.3 Å². The largest absolute Gasteiger partial charge is 0.504 e. The highest BCUT2D eigenvalue weighted by Crippen LogP contribution is 2.72. The highest BCUT2D eigenvalue weighted by molar-refractivity contribution is 5.89. The summed E-state index contributed by atoms with van der Waals surface area (Å²) in [7, 11) is 0. The van der Waals surface area contributed by atoms with Crippen molar-refractivity contribution < 1.29 is 28.5 Å². The second-order valence-electron chi connectivity index (χ2n) is 13.3. The van der Waals surface area contributed by atoms with Crippen LogP contribution in [0.4, 0.5) is 8.78 Å². The lowest BCUT2D eigenvalue weighted by molar-refractivity contribution is -0.218. The monoisotopic (exact) mass is 526 g/mol.